The average molecular weight is 423 g/mol. The number of hydrogen-bond acceptors (Lipinski definition) is 4. The third-order valence-corrected chi connectivity index (χ3v) is 5.00. The molecule has 2 aromatic rings. The number of amides is 2. The molecule has 1 N–H and O–H groups in total. The number of halogens is 1. The van der Waals surface area contributed by atoms with Gasteiger partial charge >= 0.3 is 0 Å². The van der Waals surface area contributed by atoms with Gasteiger partial charge in [0.2, 0.25) is 5.91 Å². The predicted octanol–water partition coefficient (Wildman–Crippen LogP) is 3.89. The van der Waals surface area contributed by atoms with Crippen LogP contribution >= 0.6 is 27.7 Å². The van der Waals surface area contributed by atoms with Gasteiger partial charge in [-0.2, -0.15) is 0 Å². The van der Waals surface area contributed by atoms with E-state index in [2.05, 4.69) is 21.2 Å². The van der Waals surface area contributed by atoms with Crippen LogP contribution in [0.1, 0.15) is 10.4 Å². The lowest BCUT2D eigenvalue weighted by atomic mass is 10.2. The van der Waals surface area contributed by atoms with Crippen LogP contribution in [0.4, 0.5) is 5.69 Å². The van der Waals surface area contributed by atoms with Crippen LogP contribution in [0.25, 0.3) is 0 Å². The minimum atomic E-state index is -0.265. The molecule has 2 amide bonds. The van der Waals surface area contributed by atoms with Gasteiger partial charge in [-0.05, 0) is 52.5 Å². The molecule has 0 radical (unpaired) electrons. The Labute approximate surface area is 159 Å². The van der Waals surface area contributed by atoms with E-state index in [1.54, 1.807) is 37.0 Å². The molecule has 5 nitrogen and oxygen atoms in total. The second kappa shape index (κ2) is 8.92. The van der Waals surface area contributed by atoms with E-state index in [1.165, 1.54) is 12.0 Å². The Morgan fingerprint density at radius 2 is 1.96 bits per heavy atom. The minimum Gasteiger partial charge on any atom is -0.497 e. The van der Waals surface area contributed by atoms with Crippen molar-refractivity contribution in [1.29, 1.82) is 0 Å². The second-order valence-corrected chi connectivity index (χ2v) is 6.96. The van der Waals surface area contributed by atoms with Crippen molar-refractivity contribution in [2.24, 2.45) is 0 Å². The average Bonchev–Trinajstić information content (AvgIpc) is 2.61. The van der Waals surface area contributed by atoms with Crippen LogP contribution in [-0.2, 0) is 4.79 Å². The Morgan fingerprint density at radius 1 is 1.24 bits per heavy atom. The normalized spacial score (nSPS) is 10.2. The summed E-state index contributed by atoms with van der Waals surface area (Å²) < 4.78 is 5.80. The summed E-state index contributed by atoms with van der Waals surface area (Å²) in [5.74, 6) is 0.0637. The fourth-order valence-corrected chi connectivity index (χ4v) is 3.20. The Hall–Kier alpha value is -1.99. The minimum absolute atomic E-state index is 0.0504. The molecule has 0 bridgehead atoms. The number of carbonyl (C=O) groups is 2. The van der Waals surface area contributed by atoms with Crippen molar-refractivity contribution in [1.82, 2.24) is 4.90 Å². The zero-order valence-corrected chi connectivity index (χ0v) is 16.6. The van der Waals surface area contributed by atoms with Crippen molar-refractivity contribution in [2.75, 3.05) is 32.3 Å². The summed E-state index contributed by atoms with van der Waals surface area (Å²) in [7, 11) is 3.13. The van der Waals surface area contributed by atoms with E-state index in [1.807, 2.05) is 30.5 Å². The van der Waals surface area contributed by atoms with Crippen LogP contribution in [0.15, 0.2) is 51.8 Å². The first-order chi connectivity index (χ1) is 12.0. The Morgan fingerprint density at radius 3 is 2.64 bits per heavy atom. The van der Waals surface area contributed by atoms with Crippen LogP contribution in [0.5, 0.6) is 5.75 Å². The molecule has 0 aliphatic rings. The third kappa shape index (κ3) is 4.99. The molecule has 7 heteroatoms. The number of nitrogens with zero attached hydrogens (tertiary/aromatic N) is 1. The smallest absolute Gasteiger partial charge is 0.255 e. The molecule has 0 fully saturated rings. The Kier molecular flexibility index (Phi) is 6.90. The van der Waals surface area contributed by atoms with Crippen LogP contribution in [0, 0.1) is 0 Å². The maximum Gasteiger partial charge on any atom is 0.255 e. The molecule has 132 valence electrons. The number of hydrogen-bond donors (Lipinski definition) is 1. The second-order valence-electron chi connectivity index (χ2n) is 5.26. The molecule has 0 heterocycles. The number of likely N-dealkylation sites (N-methyl/N-ethyl adjacent to an activating group) is 1. The third-order valence-electron chi connectivity index (χ3n) is 3.51. The zero-order valence-electron chi connectivity index (χ0n) is 14.2. The van der Waals surface area contributed by atoms with Gasteiger partial charge in [0.15, 0.2) is 0 Å². The van der Waals surface area contributed by atoms with Crippen molar-refractivity contribution < 1.29 is 14.3 Å². The zero-order chi connectivity index (χ0) is 18.4. The lowest BCUT2D eigenvalue weighted by Crippen LogP contribution is -2.35. The molecule has 0 atom stereocenters. The monoisotopic (exact) mass is 422 g/mol. The fourth-order valence-electron chi connectivity index (χ4n) is 2.23. The molecule has 25 heavy (non-hydrogen) atoms. The molecule has 0 spiro atoms. The number of ether oxygens (including phenoxy) is 1. The van der Waals surface area contributed by atoms with E-state index in [0.717, 1.165) is 10.6 Å². The molecule has 2 aromatic carbocycles. The van der Waals surface area contributed by atoms with Crippen LogP contribution in [-0.4, -0.2) is 43.7 Å². The van der Waals surface area contributed by atoms with Gasteiger partial charge in [-0.3, -0.25) is 9.59 Å². The molecule has 0 saturated carbocycles. The van der Waals surface area contributed by atoms with Gasteiger partial charge in [-0.15, -0.1) is 11.8 Å². The quantitative estimate of drug-likeness (QED) is 0.717. The largest absolute Gasteiger partial charge is 0.497 e. The number of benzene rings is 2. The number of thioether (sulfide) groups is 1. The highest BCUT2D eigenvalue weighted by molar-refractivity contribution is 9.10. The van der Waals surface area contributed by atoms with Gasteiger partial charge in [-0.25, -0.2) is 0 Å². The fraction of sp³-hybridized carbons (Fsp3) is 0.222. The molecule has 0 unspecified atom stereocenters. The van der Waals surface area contributed by atoms with Crippen molar-refractivity contribution in [3.8, 4) is 5.75 Å². The summed E-state index contributed by atoms with van der Waals surface area (Å²) in [4.78, 5) is 27.2. The highest BCUT2D eigenvalue weighted by atomic mass is 79.9. The lowest BCUT2D eigenvalue weighted by molar-refractivity contribution is -0.116. The van der Waals surface area contributed by atoms with Crippen LogP contribution < -0.4 is 10.1 Å². The Bertz CT molecular complexity index is 783. The van der Waals surface area contributed by atoms with Gasteiger partial charge < -0.3 is 15.0 Å². The summed E-state index contributed by atoms with van der Waals surface area (Å²) in [5, 5.41) is 2.85. The summed E-state index contributed by atoms with van der Waals surface area (Å²) in [6, 6.07) is 12.7. The van der Waals surface area contributed by atoms with Crippen molar-refractivity contribution in [3.05, 3.63) is 52.5 Å². The van der Waals surface area contributed by atoms with E-state index < -0.39 is 0 Å². The molecule has 0 aromatic heterocycles. The van der Waals surface area contributed by atoms with Crippen molar-refractivity contribution in [3.63, 3.8) is 0 Å². The number of methoxy groups -OCH3 is 1. The first kappa shape index (κ1) is 19.3. The topological polar surface area (TPSA) is 58.6 Å². The number of carbonyl (C=O) groups excluding carboxylic acids is 2. The standard InChI is InChI=1S/C18H19BrN2O3S/c1-21(18(23)13-10-12(24-2)8-9-14(13)19)11-17(22)20-15-6-4-5-7-16(15)25-3/h4-10H,11H2,1-3H3,(H,20,22). The lowest BCUT2D eigenvalue weighted by Gasteiger charge is -2.18. The SMILES string of the molecule is COc1ccc(Br)c(C(=O)N(C)CC(=O)Nc2ccccc2SC)c1. The maximum absolute atomic E-state index is 12.6. The summed E-state index contributed by atoms with van der Waals surface area (Å²) >= 11 is 4.91. The predicted molar refractivity (Wildman–Crippen MR) is 105 cm³/mol. The highest BCUT2D eigenvalue weighted by Gasteiger charge is 2.18. The van der Waals surface area contributed by atoms with E-state index in [0.29, 0.717) is 15.8 Å². The highest BCUT2D eigenvalue weighted by Crippen LogP contribution is 2.25. The molecular weight excluding hydrogens is 404 g/mol. The summed E-state index contributed by atoms with van der Waals surface area (Å²) in [5.41, 5.74) is 1.18. The van der Waals surface area contributed by atoms with Crippen molar-refractivity contribution >= 4 is 45.2 Å². The molecular formula is C18H19BrN2O3S. The molecule has 0 saturated heterocycles. The van der Waals surface area contributed by atoms with E-state index in [-0.39, 0.29) is 18.4 Å². The summed E-state index contributed by atoms with van der Waals surface area (Å²) in [6.45, 7) is -0.0504. The van der Waals surface area contributed by atoms with E-state index in [4.69, 9.17) is 4.74 Å². The first-order valence-electron chi connectivity index (χ1n) is 7.48. The molecule has 0 aliphatic carbocycles. The summed E-state index contributed by atoms with van der Waals surface area (Å²) in [6.07, 6.45) is 1.95. The number of rotatable bonds is 6. The number of anilines is 1. The van der Waals surface area contributed by atoms with Gasteiger partial charge in [-0.1, -0.05) is 12.1 Å². The van der Waals surface area contributed by atoms with Crippen molar-refractivity contribution in [2.45, 2.75) is 4.90 Å². The van der Waals surface area contributed by atoms with E-state index >= 15 is 0 Å². The maximum atomic E-state index is 12.6. The Balaban J connectivity index is 2.07. The number of nitrogens with one attached hydrogen (secondary N) is 1. The van der Waals surface area contributed by atoms with Gasteiger partial charge in [0, 0.05) is 16.4 Å². The number of para-hydroxylation sites is 1. The first-order valence-corrected chi connectivity index (χ1v) is 9.50. The molecule has 2 rings (SSSR count). The van der Waals surface area contributed by atoms with Gasteiger partial charge in [0.25, 0.3) is 5.91 Å². The van der Waals surface area contributed by atoms with Gasteiger partial charge in [0.1, 0.15) is 5.75 Å². The van der Waals surface area contributed by atoms with Crippen LogP contribution in [0.3, 0.4) is 0 Å². The van der Waals surface area contributed by atoms with Gasteiger partial charge in [0.05, 0.1) is 24.9 Å². The van der Waals surface area contributed by atoms with E-state index in [9.17, 15) is 9.59 Å². The van der Waals surface area contributed by atoms with Crippen LogP contribution in [0.2, 0.25) is 0 Å². The molecule has 0 aliphatic heterocycles.